The molecule has 0 radical (unpaired) electrons. The third-order valence-corrected chi connectivity index (χ3v) is 7.30. The van der Waals surface area contributed by atoms with E-state index in [1.54, 1.807) is 0 Å². The summed E-state index contributed by atoms with van der Waals surface area (Å²) in [5, 5.41) is 3.45. The zero-order chi connectivity index (χ0) is 17.7. The molecule has 4 aliphatic carbocycles. The van der Waals surface area contributed by atoms with Gasteiger partial charge in [0.05, 0.1) is 0 Å². The molecule has 4 bridgehead atoms. The number of carbonyl (C=O) groups excluding carboxylic acids is 1. The number of pyridine rings is 1. The van der Waals surface area contributed by atoms with Crippen LogP contribution in [-0.4, -0.2) is 48.1 Å². The molecule has 0 spiro atoms. The van der Waals surface area contributed by atoms with Gasteiger partial charge in [-0.2, -0.15) is 0 Å². The van der Waals surface area contributed by atoms with Crippen LogP contribution in [-0.2, 0) is 0 Å². The number of hydrogen-bond donors (Lipinski definition) is 1. The second-order valence-electron chi connectivity index (χ2n) is 9.07. The summed E-state index contributed by atoms with van der Waals surface area (Å²) in [5.74, 6) is 4.42. The average molecular weight is 354 g/mol. The van der Waals surface area contributed by atoms with Crippen LogP contribution in [0.1, 0.15) is 37.7 Å². The number of rotatable bonds is 2. The van der Waals surface area contributed by atoms with Gasteiger partial charge in [0.15, 0.2) is 0 Å². The number of aryl methyl sites for hydroxylation is 1. The number of nitrogens with zero attached hydrogens (tertiary/aromatic N) is 3. The molecule has 26 heavy (non-hydrogen) atoms. The minimum Gasteiger partial charge on any atom is -0.353 e. The first kappa shape index (κ1) is 16.4. The standard InChI is InChI=1S/C21H30N4O/c1-14-2-3-19(22-13-14)24-4-6-25(7-5-24)21(26)23-20-17-9-15-8-16(11-17)12-18(20)10-15/h2-3,13,15-18,20H,4-12H2,1H3,(H,23,26). The smallest absolute Gasteiger partial charge is 0.317 e. The Hall–Kier alpha value is -1.78. The molecule has 1 saturated heterocycles. The number of nitrogens with one attached hydrogen (secondary N) is 1. The molecule has 1 N–H and O–H groups in total. The van der Waals surface area contributed by atoms with E-state index in [0.29, 0.717) is 6.04 Å². The summed E-state index contributed by atoms with van der Waals surface area (Å²) in [6.45, 7) is 5.36. The molecule has 1 aromatic rings. The summed E-state index contributed by atoms with van der Waals surface area (Å²) >= 11 is 0. The Morgan fingerprint density at radius 3 is 2.23 bits per heavy atom. The maximum atomic E-state index is 12.9. The lowest BCUT2D eigenvalue weighted by atomic mass is 9.54. The number of carbonyl (C=O) groups is 1. The minimum atomic E-state index is 0.166. The van der Waals surface area contributed by atoms with E-state index < -0.39 is 0 Å². The molecule has 5 fully saturated rings. The van der Waals surface area contributed by atoms with E-state index >= 15 is 0 Å². The molecule has 0 aromatic carbocycles. The molecular formula is C21H30N4O. The van der Waals surface area contributed by atoms with Gasteiger partial charge in [0.1, 0.15) is 5.82 Å². The van der Waals surface area contributed by atoms with E-state index in [2.05, 4.69) is 34.3 Å². The number of urea groups is 1. The molecule has 5 aliphatic rings. The topological polar surface area (TPSA) is 48.5 Å². The normalized spacial score (nSPS) is 35.7. The van der Waals surface area contributed by atoms with Crippen LogP contribution in [0.25, 0.3) is 0 Å². The zero-order valence-corrected chi connectivity index (χ0v) is 15.7. The summed E-state index contributed by atoms with van der Waals surface area (Å²) in [5.41, 5.74) is 1.18. The lowest BCUT2D eigenvalue weighted by Gasteiger charge is -2.54. The third kappa shape index (κ3) is 2.95. The predicted octanol–water partition coefficient (Wildman–Crippen LogP) is 3.05. The maximum absolute atomic E-state index is 12.9. The van der Waals surface area contributed by atoms with Crippen LogP contribution in [0.5, 0.6) is 0 Å². The minimum absolute atomic E-state index is 0.166. The van der Waals surface area contributed by atoms with Crippen molar-refractivity contribution in [3.63, 3.8) is 0 Å². The van der Waals surface area contributed by atoms with Crippen LogP contribution in [0, 0.1) is 30.6 Å². The van der Waals surface area contributed by atoms with Crippen molar-refractivity contribution in [3.8, 4) is 0 Å². The van der Waals surface area contributed by atoms with E-state index in [9.17, 15) is 4.79 Å². The Kier molecular flexibility index (Phi) is 4.06. The number of hydrogen-bond acceptors (Lipinski definition) is 3. The molecule has 6 rings (SSSR count). The number of anilines is 1. The largest absolute Gasteiger partial charge is 0.353 e. The molecule has 1 aromatic heterocycles. The van der Waals surface area contributed by atoms with E-state index in [0.717, 1.165) is 55.7 Å². The van der Waals surface area contributed by atoms with Crippen LogP contribution < -0.4 is 10.2 Å². The van der Waals surface area contributed by atoms with Gasteiger partial charge in [-0.05, 0) is 74.3 Å². The van der Waals surface area contributed by atoms with Gasteiger partial charge in [0, 0.05) is 38.4 Å². The van der Waals surface area contributed by atoms with Crippen LogP contribution in [0.2, 0.25) is 0 Å². The van der Waals surface area contributed by atoms with Gasteiger partial charge < -0.3 is 15.1 Å². The summed E-state index contributed by atoms with van der Waals surface area (Å²) in [6.07, 6.45) is 8.79. The molecule has 2 amide bonds. The molecule has 5 nitrogen and oxygen atoms in total. The van der Waals surface area contributed by atoms with Gasteiger partial charge >= 0.3 is 6.03 Å². The fraction of sp³-hybridized carbons (Fsp3) is 0.714. The zero-order valence-electron chi connectivity index (χ0n) is 15.7. The summed E-state index contributed by atoms with van der Waals surface area (Å²) in [4.78, 5) is 21.7. The van der Waals surface area contributed by atoms with Gasteiger partial charge in [0.2, 0.25) is 0 Å². The molecule has 1 aliphatic heterocycles. The van der Waals surface area contributed by atoms with Crippen LogP contribution in [0.3, 0.4) is 0 Å². The Morgan fingerprint density at radius 1 is 1.00 bits per heavy atom. The first-order valence-electron chi connectivity index (χ1n) is 10.4. The second-order valence-corrected chi connectivity index (χ2v) is 9.07. The quantitative estimate of drug-likeness (QED) is 0.888. The van der Waals surface area contributed by atoms with Crippen molar-refractivity contribution in [1.29, 1.82) is 0 Å². The van der Waals surface area contributed by atoms with Gasteiger partial charge in [-0.3, -0.25) is 0 Å². The highest BCUT2D eigenvalue weighted by atomic mass is 16.2. The van der Waals surface area contributed by atoms with E-state index in [1.165, 1.54) is 37.7 Å². The van der Waals surface area contributed by atoms with Crippen molar-refractivity contribution in [2.24, 2.45) is 23.7 Å². The molecule has 5 heteroatoms. The number of piperazine rings is 1. The van der Waals surface area contributed by atoms with Crippen LogP contribution >= 0.6 is 0 Å². The van der Waals surface area contributed by atoms with Gasteiger partial charge in [-0.1, -0.05) is 6.07 Å². The molecule has 4 saturated carbocycles. The molecule has 0 unspecified atom stereocenters. The predicted molar refractivity (Wildman–Crippen MR) is 102 cm³/mol. The second kappa shape index (κ2) is 6.43. The summed E-state index contributed by atoms with van der Waals surface area (Å²) < 4.78 is 0. The monoisotopic (exact) mass is 354 g/mol. The average Bonchev–Trinajstić information content (AvgIpc) is 2.65. The van der Waals surface area contributed by atoms with E-state index in [4.69, 9.17) is 0 Å². The van der Waals surface area contributed by atoms with Gasteiger partial charge in [0.25, 0.3) is 0 Å². The van der Waals surface area contributed by atoms with Crippen molar-refractivity contribution < 1.29 is 4.79 Å². The van der Waals surface area contributed by atoms with Crippen LogP contribution in [0.4, 0.5) is 10.6 Å². The van der Waals surface area contributed by atoms with Gasteiger partial charge in [-0.15, -0.1) is 0 Å². The molecule has 140 valence electrons. The number of aromatic nitrogens is 1. The lowest BCUT2D eigenvalue weighted by molar-refractivity contribution is -0.0110. The fourth-order valence-electron chi connectivity index (χ4n) is 6.18. The third-order valence-electron chi connectivity index (χ3n) is 7.30. The van der Waals surface area contributed by atoms with E-state index in [1.807, 2.05) is 11.1 Å². The highest BCUT2D eigenvalue weighted by Gasteiger charge is 2.48. The van der Waals surface area contributed by atoms with Crippen molar-refractivity contribution in [3.05, 3.63) is 23.9 Å². The lowest BCUT2D eigenvalue weighted by Crippen LogP contribution is -2.60. The van der Waals surface area contributed by atoms with Crippen molar-refractivity contribution >= 4 is 11.8 Å². The number of amides is 2. The fourth-order valence-corrected chi connectivity index (χ4v) is 6.18. The highest BCUT2D eigenvalue weighted by molar-refractivity contribution is 5.75. The van der Waals surface area contributed by atoms with Crippen molar-refractivity contribution in [2.75, 3.05) is 31.1 Å². The Morgan fingerprint density at radius 2 is 1.65 bits per heavy atom. The van der Waals surface area contributed by atoms with E-state index in [-0.39, 0.29) is 6.03 Å². The van der Waals surface area contributed by atoms with Crippen molar-refractivity contribution in [2.45, 2.75) is 45.1 Å². The molecule has 0 atom stereocenters. The Balaban J connectivity index is 1.17. The SMILES string of the molecule is Cc1ccc(N2CCN(C(=O)NC3C4CC5CC(C4)CC3C5)CC2)nc1. The molecule has 2 heterocycles. The molecular weight excluding hydrogens is 324 g/mol. The summed E-state index contributed by atoms with van der Waals surface area (Å²) in [6, 6.07) is 4.79. The van der Waals surface area contributed by atoms with Gasteiger partial charge in [-0.25, -0.2) is 9.78 Å². The maximum Gasteiger partial charge on any atom is 0.317 e. The van der Waals surface area contributed by atoms with Crippen molar-refractivity contribution in [1.82, 2.24) is 15.2 Å². The summed E-state index contributed by atoms with van der Waals surface area (Å²) in [7, 11) is 0. The van der Waals surface area contributed by atoms with Crippen LogP contribution in [0.15, 0.2) is 18.3 Å². The highest BCUT2D eigenvalue weighted by Crippen LogP contribution is 2.53. The Labute approximate surface area is 156 Å². The Bertz CT molecular complexity index is 637. The first-order chi connectivity index (χ1) is 12.7. The first-order valence-corrected chi connectivity index (χ1v) is 10.4.